The van der Waals surface area contributed by atoms with E-state index in [4.69, 9.17) is 5.73 Å². The van der Waals surface area contributed by atoms with Crippen molar-refractivity contribution in [1.82, 2.24) is 9.78 Å². The van der Waals surface area contributed by atoms with Crippen LogP contribution in [0.15, 0.2) is 12.4 Å². The Labute approximate surface area is 96.8 Å². The average Bonchev–Trinajstić information content (AvgIpc) is 2.65. The van der Waals surface area contributed by atoms with Crippen LogP contribution in [0.4, 0.5) is 0 Å². The normalized spacial score (nSPS) is 12.7. The highest BCUT2D eigenvalue weighted by atomic mass is 16.1. The summed E-state index contributed by atoms with van der Waals surface area (Å²) in [6.07, 6.45) is 6.63. The molecule has 1 rings (SSSR count). The molecule has 1 aromatic rings. The van der Waals surface area contributed by atoms with Crippen LogP contribution in [0.2, 0.25) is 0 Å². The third-order valence-corrected chi connectivity index (χ3v) is 2.53. The van der Waals surface area contributed by atoms with Gasteiger partial charge in [-0.15, -0.1) is 0 Å². The molecule has 0 amide bonds. The Morgan fingerprint density at radius 2 is 2.38 bits per heavy atom. The maximum atomic E-state index is 11.6. The lowest BCUT2D eigenvalue weighted by atomic mass is 10.1. The zero-order valence-corrected chi connectivity index (χ0v) is 10.1. The van der Waals surface area contributed by atoms with Crippen molar-refractivity contribution in [3.05, 3.63) is 18.0 Å². The van der Waals surface area contributed by atoms with E-state index < -0.39 is 0 Å². The molecule has 0 aromatic carbocycles. The van der Waals surface area contributed by atoms with Gasteiger partial charge in [0.1, 0.15) is 5.78 Å². The molecule has 90 valence electrons. The Hall–Kier alpha value is -1.16. The number of hydrogen-bond donors (Lipinski definition) is 1. The van der Waals surface area contributed by atoms with Crippen LogP contribution in [0.25, 0.3) is 0 Å². The first-order chi connectivity index (χ1) is 7.61. The van der Waals surface area contributed by atoms with E-state index >= 15 is 0 Å². The fourth-order valence-corrected chi connectivity index (χ4v) is 1.61. The zero-order valence-electron chi connectivity index (χ0n) is 10.1. The summed E-state index contributed by atoms with van der Waals surface area (Å²) < 4.78 is 1.84. The lowest BCUT2D eigenvalue weighted by Gasteiger charge is -2.03. The fraction of sp³-hybridized carbons (Fsp3) is 0.667. The second-order valence-corrected chi connectivity index (χ2v) is 4.29. The highest BCUT2D eigenvalue weighted by Gasteiger charge is 2.06. The Kier molecular flexibility index (Phi) is 5.19. The van der Waals surface area contributed by atoms with Gasteiger partial charge < -0.3 is 5.73 Å². The molecule has 0 spiro atoms. The van der Waals surface area contributed by atoms with Crippen molar-refractivity contribution in [2.45, 2.75) is 52.1 Å². The highest BCUT2D eigenvalue weighted by Crippen LogP contribution is 2.05. The molecule has 0 radical (unpaired) electrons. The molecule has 1 aromatic heterocycles. The standard InChI is InChI=1S/C12H21N3O/c1-3-15-9-11(8-14-15)7-12(16)6-4-5-10(2)13/h8-10H,3-7,13H2,1-2H3. The lowest BCUT2D eigenvalue weighted by Crippen LogP contribution is -2.15. The van der Waals surface area contributed by atoms with Gasteiger partial charge in [0.15, 0.2) is 0 Å². The largest absolute Gasteiger partial charge is 0.328 e. The number of hydrogen-bond acceptors (Lipinski definition) is 3. The van der Waals surface area contributed by atoms with Crippen molar-refractivity contribution in [3.63, 3.8) is 0 Å². The van der Waals surface area contributed by atoms with Gasteiger partial charge in [0.2, 0.25) is 0 Å². The van der Waals surface area contributed by atoms with Crippen LogP contribution in [-0.2, 0) is 17.8 Å². The molecule has 0 aliphatic carbocycles. The summed E-state index contributed by atoms with van der Waals surface area (Å²) in [7, 11) is 0. The van der Waals surface area contributed by atoms with Gasteiger partial charge in [-0.05, 0) is 32.3 Å². The first kappa shape index (κ1) is 12.9. The number of nitrogens with two attached hydrogens (primary N) is 1. The Morgan fingerprint density at radius 3 is 2.94 bits per heavy atom. The van der Waals surface area contributed by atoms with Gasteiger partial charge in [0, 0.05) is 31.6 Å². The second-order valence-electron chi connectivity index (χ2n) is 4.29. The van der Waals surface area contributed by atoms with Crippen LogP contribution in [0.3, 0.4) is 0 Å². The van der Waals surface area contributed by atoms with E-state index in [0.717, 1.165) is 24.9 Å². The minimum atomic E-state index is 0.190. The molecule has 0 fully saturated rings. The molecule has 0 aliphatic rings. The van der Waals surface area contributed by atoms with Crippen molar-refractivity contribution < 1.29 is 4.79 Å². The molecule has 0 saturated carbocycles. The van der Waals surface area contributed by atoms with Crippen molar-refractivity contribution in [2.24, 2.45) is 5.73 Å². The number of aryl methyl sites for hydroxylation is 1. The van der Waals surface area contributed by atoms with E-state index in [1.165, 1.54) is 0 Å². The summed E-state index contributed by atoms with van der Waals surface area (Å²) in [5.41, 5.74) is 6.63. The quantitative estimate of drug-likeness (QED) is 0.762. The maximum absolute atomic E-state index is 11.6. The number of ketones is 1. The zero-order chi connectivity index (χ0) is 12.0. The maximum Gasteiger partial charge on any atom is 0.137 e. The minimum Gasteiger partial charge on any atom is -0.328 e. The van der Waals surface area contributed by atoms with Gasteiger partial charge in [-0.25, -0.2) is 0 Å². The van der Waals surface area contributed by atoms with Crippen molar-refractivity contribution in [1.29, 1.82) is 0 Å². The molecule has 2 N–H and O–H groups in total. The molecule has 0 saturated heterocycles. The molecular formula is C12H21N3O. The molecule has 16 heavy (non-hydrogen) atoms. The van der Waals surface area contributed by atoms with Crippen LogP contribution >= 0.6 is 0 Å². The van der Waals surface area contributed by atoms with Crippen molar-refractivity contribution in [2.75, 3.05) is 0 Å². The van der Waals surface area contributed by atoms with E-state index in [1.54, 1.807) is 6.20 Å². The van der Waals surface area contributed by atoms with Gasteiger partial charge >= 0.3 is 0 Å². The van der Waals surface area contributed by atoms with Gasteiger partial charge in [-0.3, -0.25) is 9.48 Å². The second kappa shape index (κ2) is 6.43. The lowest BCUT2D eigenvalue weighted by molar-refractivity contribution is -0.118. The first-order valence-corrected chi connectivity index (χ1v) is 5.90. The van der Waals surface area contributed by atoms with Gasteiger partial charge in [0.25, 0.3) is 0 Å². The predicted molar refractivity (Wildman–Crippen MR) is 64.1 cm³/mol. The molecule has 0 aliphatic heterocycles. The number of nitrogens with zero attached hydrogens (tertiary/aromatic N) is 2. The molecule has 0 bridgehead atoms. The van der Waals surface area contributed by atoms with Crippen LogP contribution < -0.4 is 5.73 Å². The summed E-state index contributed by atoms with van der Waals surface area (Å²) in [4.78, 5) is 11.6. The number of rotatable bonds is 7. The molecule has 1 atom stereocenters. The number of Topliss-reactive ketones (excluding diaryl/α,β-unsaturated/α-hetero) is 1. The van der Waals surface area contributed by atoms with Crippen LogP contribution in [0.1, 0.15) is 38.7 Å². The Bertz CT molecular complexity index is 331. The fourth-order valence-electron chi connectivity index (χ4n) is 1.61. The minimum absolute atomic E-state index is 0.190. The van der Waals surface area contributed by atoms with E-state index in [0.29, 0.717) is 12.8 Å². The third kappa shape index (κ3) is 4.57. The first-order valence-electron chi connectivity index (χ1n) is 5.90. The van der Waals surface area contributed by atoms with E-state index in [1.807, 2.05) is 24.7 Å². The number of carbonyl (C=O) groups excluding carboxylic acids is 1. The van der Waals surface area contributed by atoms with Crippen LogP contribution in [-0.4, -0.2) is 21.6 Å². The van der Waals surface area contributed by atoms with Gasteiger partial charge in [0.05, 0.1) is 6.20 Å². The smallest absolute Gasteiger partial charge is 0.137 e. The number of carbonyl (C=O) groups is 1. The SMILES string of the molecule is CCn1cc(CC(=O)CCCC(C)N)cn1. The predicted octanol–water partition coefficient (Wildman–Crippen LogP) is 1.53. The molecule has 4 nitrogen and oxygen atoms in total. The summed E-state index contributed by atoms with van der Waals surface area (Å²) in [5, 5.41) is 4.14. The Balaban J connectivity index is 2.28. The van der Waals surface area contributed by atoms with E-state index in [2.05, 4.69) is 5.10 Å². The number of aromatic nitrogens is 2. The third-order valence-electron chi connectivity index (χ3n) is 2.53. The monoisotopic (exact) mass is 223 g/mol. The highest BCUT2D eigenvalue weighted by molar-refractivity contribution is 5.80. The summed E-state index contributed by atoms with van der Waals surface area (Å²) in [6.45, 7) is 4.84. The van der Waals surface area contributed by atoms with E-state index in [-0.39, 0.29) is 11.8 Å². The summed E-state index contributed by atoms with van der Waals surface area (Å²) in [5.74, 6) is 0.274. The average molecular weight is 223 g/mol. The van der Waals surface area contributed by atoms with E-state index in [9.17, 15) is 4.79 Å². The van der Waals surface area contributed by atoms with Crippen molar-refractivity contribution >= 4 is 5.78 Å². The molecule has 1 unspecified atom stereocenters. The van der Waals surface area contributed by atoms with Gasteiger partial charge in [-0.1, -0.05) is 0 Å². The topological polar surface area (TPSA) is 60.9 Å². The van der Waals surface area contributed by atoms with Crippen molar-refractivity contribution in [3.8, 4) is 0 Å². The summed E-state index contributed by atoms with van der Waals surface area (Å²) >= 11 is 0. The van der Waals surface area contributed by atoms with Crippen LogP contribution in [0, 0.1) is 0 Å². The van der Waals surface area contributed by atoms with Gasteiger partial charge in [-0.2, -0.15) is 5.10 Å². The van der Waals surface area contributed by atoms with Crippen LogP contribution in [0.5, 0.6) is 0 Å². The molecular weight excluding hydrogens is 202 g/mol. The molecule has 4 heteroatoms. The molecule has 1 heterocycles. The Morgan fingerprint density at radius 1 is 1.62 bits per heavy atom. The summed E-state index contributed by atoms with van der Waals surface area (Å²) in [6, 6.07) is 0.190.